The van der Waals surface area contributed by atoms with Crippen LogP contribution in [0, 0.1) is 5.82 Å². The molecule has 0 unspecified atom stereocenters. The Morgan fingerprint density at radius 2 is 1.63 bits per heavy atom. The van der Waals surface area contributed by atoms with E-state index >= 15 is 0 Å². The lowest BCUT2D eigenvalue weighted by atomic mass is 9.97. The summed E-state index contributed by atoms with van der Waals surface area (Å²) in [7, 11) is 1.55. The normalized spacial score (nSPS) is 10.7. The molecule has 0 N–H and O–H groups in total. The number of nitrogens with zero attached hydrogens (tertiary/aromatic N) is 3. The summed E-state index contributed by atoms with van der Waals surface area (Å²) in [5.41, 5.74) is 1.71. The molecule has 0 saturated carbocycles. The number of amides is 1. The fraction of sp³-hybridized carbons (Fsp3) is 0.179. The number of benzene rings is 3. The Hall–Kier alpha value is -4.26. The minimum atomic E-state index is -0.571. The second-order valence-corrected chi connectivity index (χ2v) is 7.99. The third kappa shape index (κ3) is 5.14. The zero-order chi connectivity index (χ0) is 24.9. The van der Waals surface area contributed by atoms with E-state index in [1.54, 1.807) is 24.1 Å². The highest BCUT2D eigenvalue weighted by atomic mass is 19.1. The summed E-state index contributed by atoms with van der Waals surface area (Å²) >= 11 is 0. The van der Waals surface area contributed by atoms with Crippen molar-refractivity contribution in [1.82, 2.24) is 14.7 Å². The maximum absolute atomic E-state index is 14.7. The van der Waals surface area contributed by atoms with E-state index in [9.17, 15) is 14.0 Å². The summed E-state index contributed by atoms with van der Waals surface area (Å²) in [4.78, 5) is 27.1. The topological polar surface area (TPSA) is 64.4 Å². The molecule has 0 aliphatic heterocycles. The third-order valence-electron chi connectivity index (χ3n) is 5.71. The average Bonchev–Trinajstić information content (AvgIpc) is 2.87. The molecule has 0 fully saturated rings. The molecular weight excluding hydrogens is 445 g/mol. The molecule has 0 aliphatic carbocycles. The standard InChI is InChI=1S/C28H26FN3O3/c1-4-32(5-2)28(34)20-15-19(16-21(29)17-20)24-18-26(33)31(3)30-27(24)23-13-9-10-14-25(23)35-22-11-7-6-8-12-22/h6-18H,4-5H2,1-3H3. The molecule has 1 amide bonds. The van der Waals surface area contributed by atoms with Crippen LogP contribution in [0.2, 0.25) is 0 Å². The minimum Gasteiger partial charge on any atom is -0.457 e. The molecule has 0 atom stereocenters. The van der Waals surface area contributed by atoms with Crippen LogP contribution in [-0.4, -0.2) is 33.7 Å². The van der Waals surface area contributed by atoms with E-state index in [0.717, 1.165) is 0 Å². The van der Waals surface area contributed by atoms with Crippen molar-refractivity contribution in [2.75, 3.05) is 13.1 Å². The summed E-state index contributed by atoms with van der Waals surface area (Å²) in [6.07, 6.45) is 0. The molecule has 7 heteroatoms. The van der Waals surface area contributed by atoms with Crippen molar-refractivity contribution in [2.45, 2.75) is 13.8 Å². The highest BCUT2D eigenvalue weighted by Crippen LogP contribution is 2.37. The first-order valence-corrected chi connectivity index (χ1v) is 11.4. The number of ether oxygens (including phenoxy) is 1. The Kier molecular flexibility index (Phi) is 7.06. The van der Waals surface area contributed by atoms with E-state index in [2.05, 4.69) is 5.10 Å². The molecule has 3 aromatic carbocycles. The molecule has 0 aliphatic rings. The molecule has 1 heterocycles. The summed E-state index contributed by atoms with van der Waals surface area (Å²) < 4.78 is 22.1. The van der Waals surface area contributed by atoms with Crippen LogP contribution in [0.15, 0.2) is 83.7 Å². The molecule has 0 radical (unpaired) electrons. The first kappa shape index (κ1) is 23.9. The van der Waals surface area contributed by atoms with Gasteiger partial charge in [-0.2, -0.15) is 5.10 Å². The van der Waals surface area contributed by atoms with E-state index in [-0.39, 0.29) is 17.0 Å². The van der Waals surface area contributed by atoms with Gasteiger partial charge in [0.15, 0.2) is 0 Å². The van der Waals surface area contributed by atoms with E-state index in [1.807, 2.05) is 62.4 Å². The quantitative estimate of drug-likeness (QED) is 0.356. The first-order chi connectivity index (χ1) is 16.9. The van der Waals surface area contributed by atoms with Gasteiger partial charge in [-0.1, -0.05) is 30.3 Å². The lowest BCUT2D eigenvalue weighted by molar-refractivity contribution is 0.0772. The number of hydrogen-bond donors (Lipinski definition) is 0. The van der Waals surface area contributed by atoms with E-state index in [4.69, 9.17) is 4.74 Å². The van der Waals surface area contributed by atoms with E-state index in [0.29, 0.717) is 47.0 Å². The van der Waals surface area contributed by atoms with Crippen molar-refractivity contribution in [3.8, 4) is 33.9 Å². The molecule has 0 spiro atoms. The number of carbonyl (C=O) groups excluding carboxylic acids is 1. The predicted molar refractivity (Wildman–Crippen MR) is 134 cm³/mol. The minimum absolute atomic E-state index is 0.212. The summed E-state index contributed by atoms with van der Waals surface area (Å²) in [5.74, 6) is 0.325. The van der Waals surface area contributed by atoms with Gasteiger partial charge in [-0.05, 0) is 61.9 Å². The number of aromatic nitrogens is 2. The highest BCUT2D eigenvalue weighted by Gasteiger charge is 2.20. The van der Waals surface area contributed by atoms with Crippen LogP contribution in [0.5, 0.6) is 11.5 Å². The fourth-order valence-electron chi connectivity index (χ4n) is 3.89. The lowest BCUT2D eigenvalue weighted by Crippen LogP contribution is -2.30. The SMILES string of the molecule is CCN(CC)C(=O)c1cc(F)cc(-c2cc(=O)n(C)nc2-c2ccccc2Oc2ccccc2)c1. The van der Waals surface area contributed by atoms with Crippen LogP contribution in [-0.2, 0) is 7.05 Å². The molecule has 178 valence electrons. The summed E-state index contributed by atoms with van der Waals surface area (Å²) in [6.45, 7) is 4.75. The van der Waals surface area contributed by atoms with Crippen LogP contribution in [0.1, 0.15) is 24.2 Å². The van der Waals surface area contributed by atoms with Gasteiger partial charge in [0.1, 0.15) is 23.0 Å². The highest BCUT2D eigenvalue weighted by molar-refractivity contribution is 5.96. The van der Waals surface area contributed by atoms with Crippen molar-refractivity contribution in [1.29, 1.82) is 0 Å². The Bertz CT molecular complexity index is 1410. The second-order valence-electron chi connectivity index (χ2n) is 7.99. The van der Waals surface area contributed by atoms with Gasteiger partial charge >= 0.3 is 0 Å². The number of halogens is 1. The molecule has 0 bridgehead atoms. The summed E-state index contributed by atoms with van der Waals surface area (Å²) in [6, 6.07) is 22.1. The molecule has 4 aromatic rings. The molecular formula is C28H26FN3O3. The van der Waals surface area contributed by atoms with Crippen molar-refractivity contribution < 1.29 is 13.9 Å². The maximum atomic E-state index is 14.7. The van der Waals surface area contributed by atoms with Crippen molar-refractivity contribution in [3.05, 3.63) is 101 Å². The van der Waals surface area contributed by atoms with Crippen molar-refractivity contribution >= 4 is 5.91 Å². The molecule has 6 nitrogen and oxygen atoms in total. The van der Waals surface area contributed by atoms with Crippen molar-refractivity contribution in [3.63, 3.8) is 0 Å². The Morgan fingerprint density at radius 3 is 2.34 bits per heavy atom. The van der Waals surface area contributed by atoms with Crippen LogP contribution in [0.3, 0.4) is 0 Å². The monoisotopic (exact) mass is 471 g/mol. The summed E-state index contributed by atoms with van der Waals surface area (Å²) in [5, 5.41) is 4.50. The second kappa shape index (κ2) is 10.3. The number of para-hydroxylation sites is 2. The van der Waals surface area contributed by atoms with Crippen molar-refractivity contribution in [2.24, 2.45) is 7.05 Å². The van der Waals surface area contributed by atoms with E-state index < -0.39 is 5.82 Å². The van der Waals surface area contributed by atoms with Gasteiger partial charge in [-0.15, -0.1) is 0 Å². The average molecular weight is 472 g/mol. The van der Waals surface area contributed by atoms with Gasteiger partial charge in [0.05, 0.1) is 0 Å². The zero-order valence-electron chi connectivity index (χ0n) is 19.9. The van der Waals surface area contributed by atoms with Gasteiger partial charge in [-0.25, -0.2) is 9.07 Å². The first-order valence-electron chi connectivity index (χ1n) is 11.4. The van der Waals surface area contributed by atoms with Crippen LogP contribution >= 0.6 is 0 Å². The Morgan fingerprint density at radius 1 is 0.943 bits per heavy atom. The van der Waals surface area contributed by atoms with Gasteiger partial charge in [0, 0.05) is 42.9 Å². The molecule has 35 heavy (non-hydrogen) atoms. The fourth-order valence-corrected chi connectivity index (χ4v) is 3.89. The van der Waals surface area contributed by atoms with Gasteiger partial charge in [-0.3, -0.25) is 9.59 Å². The van der Waals surface area contributed by atoms with E-state index in [1.165, 1.54) is 22.9 Å². The van der Waals surface area contributed by atoms with Gasteiger partial charge in [0.25, 0.3) is 11.5 Å². The largest absolute Gasteiger partial charge is 0.457 e. The number of hydrogen-bond acceptors (Lipinski definition) is 4. The lowest BCUT2D eigenvalue weighted by Gasteiger charge is -2.19. The Balaban J connectivity index is 1.89. The number of rotatable bonds is 7. The van der Waals surface area contributed by atoms with Crippen LogP contribution in [0.25, 0.3) is 22.4 Å². The third-order valence-corrected chi connectivity index (χ3v) is 5.71. The smallest absolute Gasteiger partial charge is 0.267 e. The van der Waals surface area contributed by atoms with Gasteiger partial charge < -0.3 is 9.64 Å². The maximum Gasteiger partial charge on any atom is 0.267 e. The van der Waals surface area contributed by atoms with Crippen LogP contribution in [0.4, 0.5) is 4.39 Å². The van der Waals surface area contributed by atoms with Gasteiger partial charge in [0.2, 0.25) is 0 Å². The molecule has 4 rings (SSSR count). The number of aryl methyl sites for hydroxylation is 1. The zero-order valence-corrected chi connectivity index (χ0v) is 19.9. The molecule has 0 saturated heterocycles. The van der Waals surface area contributed by atoms with Crippen LogP contribution < -0.4 is 10.3 Å². The Labute approximate surface area is 203 Å². The predicted octanol–water partition coefficient (Wildman–Crippen LogP) is 5.53. The number of carbonyl (C=O) groups is 1. The molecule has 1 aromatic heterocycles.